The molecular weight excluding hydrogens is 256 g/mol. The average Bonchev–Trinajstić information content (AvgIpc) is 2.98. The van der Waals surface area contributed by atoms with E-state index in [1.165, 1.54) is 25.7 Å². The van der Waals surface area contributed by atoms with Crippen molar-refractivity contribution in [1.82, 2.24) is 20.4 Å². The molecule has 6 heteroatoms. The van der Waals surface area contributed by atoms with Crippen LogP contribution in [0.4, 0.5) is 0 Å². The number of aromatic nitrogens is 2. The quantitative estimate of drug-likeness (QED) is 0.770. The lowest BCUT2D eigenvalue weighted by Crippen LogP contribution is -2.39. The van der Waals surface area contributed by atoms with Gasteiger partial charge in [0, 0.05) is 32.2 Å². The fourth-order valence-electron chi connectivity index (χ4n) is 2.71. The summed E-state index contributed by atoms with van der Waals surface area (Å²) in [6.07, 6.45) is 4.92. The molecule has 112 valence electrons. The van der Waals surface area contributed by atoms with Crippen molar-refractivity contribution in [2.75, 3.05) is 33.4 Å². The van der Waals surface area contributed by atoms with Crippen molar-refractivity contribution in [2.45, 2.75) is 44.2 Å². The van der Waals surface area contributed by atoms with Gasteiger partial charge in [-0.2, -0.15) is 4.98 Å². The second-order valence-corrected chi connectivity index (χ2v) is 5.84. The van der Waals surface area contributed by atoms with E-state index in [2.05, 4.69) is 20.4 Å². The van der Waals surface area contributed by atoms with Crippen molar-refractivity contribution in [2.24, 2.45) is 0 Å². The molecule has 1 saturated carbocycles. The standard InChI is InChI=1S/C14H24N4O2/c1-19-8-7-18(9-12-3-2-6-15-12)10-13-16-14(20-17-13)11-4-5-11/h11-12,15H,2-10H2,1H3. The van der Waals surface area contributed by atoms with E-state index < -0.39 is 0 Å². The Kier molecular flexibility index (Phi) is 4.65. The van der Waals surface area contributed by atoms with Gasteiger partial charge in [-0.05, 0) is 32.2 Å². The molecule has 3 rings (SSSR count). The van der Waals surface area contributed by atoms with Gasteiger partial charge >= 0.3 is 0 Å². The molecule has 1 aliphatic heterocycles. The van der Waals surface area contributed by atoms with Crippen LogP contribution in [0.1, 0.15) is 43.3 Å². The lowest BCUT2D eigenvalue weighted by Gasteiger charge is -2.23. The van der Waals surface area contributed by atoms with Gasteiger partial charge in [0.1, 0.15) is 0 Å². The van der Waals surface area contributed by atoms with E-state index in [0.29, 0.717) is 12.0 Å². The number of hydrogen-bond acceptors (Lipinski definition) is 6. The fraction of sp³-hybridized carbons (Fsp3) is 0.857. The van der Waals surface area contributed by atoms with Gasteiger partial charge in [0.15, 0.2) is 5.82 Å². The van der Waals surface area contributed by atoms with Gasteiger partial charge in [-0.1, -0.05) is 5.16 Å². The number of methoxy groups -OCH3 is 1. The normalized spacial score (nSPS) is 22.8. The van der Waals surface area contributed by atoms with Crippen LogP contribution >= 0.6 is 0 Å². The number of hydrogen-bond donors (Lipinski definition) is 1. The first-order valence-electron chi connectivity index (χ1n) is 7.62. The Morgan fingerprint density at radius 3 is 3.00 bits per heavy atom. The number of rotatable bonds is 8. The molecule has 1 aromatic heterocycles. The van der Waals surface area contributed by atoms with E-state index in [9.17, 15) is 0 Å². The molecule has 0 spiro atoms. The van der Waals surface area contributed by atoms with Crippen LogP contribution in [-0.4, -0.2) is 54.4 Å². The monoisotopic (exact) mass is 280 g/mol. The Morgan fingerprint density at radius 1 is 1.40 bits per heavy atom. The lowest BCUT2D eigenvalue weighted by atomic mass is 10.2. The third-order valence-corrected chi connectivity index (χ3v) is 4.03. The molecule has 0 radical (unpaired) electrons. The molecule has 2 aliphatic rings. The predicted octanol–water partition coefficient (Wildman–Crippen LogP) is 1.15. The molecule has 6 nitrogen and oxygen atoms in total. The molecule has 2 fully saturated rings. The van der Waals surface area contributed by atoms with Crippen LogP contribution in [0, 0.1) is 0 Å². The molecule has 1 saturated heterocycles. The third-order valence-electron chi connectivity index (χ3n) is 4.03. The summed E-state index contributed by atoms with van der Waals surface area (Å²) < 4.78 is 10.5. The first-order chi connectivity index (χ1) is 9.85. The molecule has 1 atom stereocenters. The van der Waals surface area contributed by atoms with Crippen molar-refractivity contribution < 1.29 is 9.26 Å². The second-order valence-electron chi connectivity index (χ2n) is 5.84. The lowest BCUT2D eigenvalue weighted by molar-refractivity contribution is 0.135. The van der Waals surface area contributed by atoms with E-state index in [-0.39, 0.29) is 0 Å². The van der Waals surface area contributed by atoms with Gasteiger partial charge in [0.05, 0.1) is 13.2 Å². The van der Waals surface area contributed by atoms with Crippen LogP contribution < -0.4 is 5.32 Å². The smallest absolute Gasteiger partial charge is 0.229 e. The summed E-state index contributed by atoms with van der Waals surface area (Å²) in [5.74, 6) is 2.16. The van der Waals surface area contributed by atoms with Crippen LogP contribution in [-0.2, 0) is 11.3 Å². The zero-order valence-electron chi connectivity index (χ0n) is 12.2. The summed E-state index contributed by atoms with van der Waals surface area (Å²) in [5, 5.41) is 7.65. The number of nitrogens with zero attached hydrogens (tertiary/aromatic N) is 3. The van der Waals surface area contributed by atoms with Crippen molar-refractivity contribution in [3.8, 4) is 0 Å². The Balaban J connectivity index is 1.55. The maximum absolute atomic E-state index is 5.33. The Labute approximate surface area is 119 Å². The number of ether oxygens (including phenoxy) is 1. The summed E-state index contributed by atoms with van der Waals surface area (Å²) in [5.41, 5.74) is 0. The molecule has 2 heterocycles. The maximum Gasteiger partial charge on any atom is 0.229 e. The van der Waals surface area contributed by atoms with E-state index in [0.717, 1.165) is 44.5 Å². The first-order valence-corrected chi connectivity index (χ1v) is 7.62. The highest BCUT2D eigenvalue weighted by molar-refractivity contribution is 5.01. The van der Waals surface area contributed by atoms with Gasteiger partial charge in [0.2, 0.25) is 5.89 Å². The highest BCUT2D eigenvalue weighted by Gasteiger charge is 2.30. The van der Waals surface area contributed by atoms with E-state index >= 15 is 0 Å². The van der Waals surface area contributed by atoms with Crippen LogP contribution in [0.3, 0.4) is 0 Å². The van der Waals surface area contributed by atoms with Crippen molar-refractivity contribution in [1.29, 1.82) is 0 Å². The highest BCUT2D eigenvalue weighted by atomic mass is 16.5. The topological polar surface area (TPSA) is 63.4 Å². The molecule has 1 aliphatic carbocycles. The largest absolute Gasteiger partial charge is 0.383 e. The van der Waals surface area contributed by atoms with Gasteiger partial charge < -0.3 is 14.6 Å². The van der Waals surface area contributed by atoms with Gasteiger partial charge in [-0.15, -0.1) is 0 Å². The first kappa shape index (κ1) is 14.0. The summed E-state index contributed by atoms with van der Waals surface area (Å²) >= 11 is 0. The van der Waals surface area contributed by atoms with Crippen LogP contribution in [0.25, 0.3) is 0 Å². The third kappa shape index (κ3) is 3.77. The molecule has 1 aromatic rings. The molecular formula is C14H24N4O2. The van der Waals surface area contributed by atoms with Crippen molar-refractivity contribution >= 4 is 0 Å². The fourth-order valence-corrected chi connectivity index (χ4v) is 2.71. The average molecular weight is 280 g/mol. The molecule has 0 aromatic carbocycles. The highest BCUT2D eigenvalue weighted by Crippen LogP contribution is 2.38. The number of nitrogens with one attached hydrogen (secondary N) is 1. The van der Waals surface area contributed by atoms with Crippen LogP contribution in [0.15, 0.2) is 4.52 Å². The van der Waals surface area contributed by atoms with E-state index in [4.69, 9.17) is 9.26 Å². The summed E-state index contributed by atoms with van der Waals surface area (Å²) in [6, 6.07) is 0.585. The minimum Gasteiger partial charge on any atom is -0.383 e. The van der Waals surface area contributed by atoms with Crippen molar-refractivity contribution in [3.63, 3.8) is 0 Å². The molecule has 1 N–H and O–H groups in total. The summed E-state index contributed by atoms with van der Waals surface area (Å²) in [7, 11) is 1.74. The van der Waals surface area contributed by atoms with E-state index in [1.807, 2.05) is 0 Å². The zero-order valence-corrected chi connectivity index (χ0v) is 12.2. The molecule has 0 bridgehead atoms. The predicted molar refractivity (Wildman–Crippen MR) is 74.5 cm³/mol. The Hall–Kier alpha value is -0.980. The zero-order chi connectivity index (χ0) is 13.8. The Bertz CT molecular complexity index is 413. The summed E-state index contributed by atoms with van der Waals surface area (Å²) in [6.45, 7) is 4.55. The van der Waals surface area contributed by atoms with Crippen LogP contribution in [0.5, 0.6) is 0 Å². The second kappa shape index (κ2) is 6.65. The molecule has 0 amide bonds. The van der Waals surface area contributed by atoms with E-state index in [1.54, 1.807) is 7.11 Å². The van der Waals surface area contributed by atoms with Gasteiger partial charge in [0.25, 0.3) is 0 Å². The maximum atomic E-state index is 5.33. The summed E-state index contributed by atoms with van der Waals surface area (Å²) in [4.78, 5) is 6.87. The van der Waals surface area contributed by atoms with Gasteiger partial charge in [-0.3, -0.25) is 4.90 Å². The van der Waals surface area contributed by atoms with Gasteiger partial charge in [-0.25, -0.2) is 0 Å². The Morgan fingerprint density at radius 2 is 2.30 bits per heavy atom. The molecule has 20 heavy (non-hydrogen) atoms. The molecule has 1 unspecified atom stereocenters. The SMILES string of the molecule is COCCN(Cc1noc(C2CC2)n1)CC1CCCN1. The minimum atomic E-state index is 0.528. The minimum absolute atomic E-state index is 0.528. The van der Waals surface area contributed by atoms with Crippen LogP contribution in [0.2, 0.25) is 0 Å². The van der Waals surface area contributed by atoms with Crippen molar-refractivity contribution in [3.05, 3.63) is 11.7 Å².